The minimum absolute atomic E-state index is 0.223. The lowest BCUT2D eigenvalue weighted by molar-refractivity contribution is 0.0942. The second-order valence-electron chi connectivity index (χ2n) is 7.37. The van der Waals surface area contributed by atoms with Crippen molar-refractivity contribution in [3.05, 3.63) is 113 Å². The van der Waals surface area contributed by atoms with E-state index in [1.807, 2.05) is 73.0 Å². The number of aromatic nitrogens is 5. The monoisotopic (exact) mass is 452 g/mol. The molecule has 1 atom stereocenters. The van der Waals surface area contributed by atoms with Gasteiger partial charge in [0.2, 0.25) is 0 Å². The molecule has 5 aromatic rings. The van der Waals surface area contributed by atoms with E-state index in [4.69, 9.17) is 0 Å². The van der Waals surface area contributed by atoms with Gasteiger partial charge in [0.05, 0.1) is 34.1 Å². The molecule has 1 amide bonds. The highest BCUT2D eigenvalue weighted by atomic mass is 32.1. The molecule has 0 bridgehead atoms. The van der Waals surface area contributed by atoms with Crippen molar-refractivity contribution in [2.45, 2.75) is 13.0 Å². The van der Waals surface area contributed by atoms with Crippen molar-refractivity contribution >= 4 is 17.2 Å². The maximum atomic E-state index is 13.3. The molecule has 0 saturated heterocycles. The van der Waals surface area contributed by atoms with E-state index < -0.39 is 0 Å². The molecule has 0 spiro atoms. The summed E-state index contributed by atoms with van der Waals surface area (Å²) in [6.45, 7) is 1.84. The SMILES string of the molecule is Cc1c(C(=O)N[C@@H](c2ccccc2)c2ccncc2)cnn1-c1nccc(-c2cccs2)n1. The fourth-order valence-corrected chi connectivity index (χ4v) is 4.31. The third kappa shape index (κ3) is 4.28. The molecule has 0 fully saturated rings. The van der Waals surface area contributed by atoms with Crippen molar-refractivity contribution in [2.24, 2.45) is 0 Å². The Balaban J connectivity index is 1.45. The number of nitrogens with one attached hydrogen (secondary N) is 1. The minimum Gasteiger partial charge on any atom is -0.341 e. The lowest BCUT2D eigenvalue weighted by Gasteiger charge is -2.19. The van der Waals surface area contributed by atoms with Crippen LogP contribution in [0.5, 0.6) is 0 Å². The summed E-state index contributed by atoms with van der Waals surface area (Å²) >= 11 is 1.61. The quantitative estimate of drug-likeness (QED) is 0.407. The van der Waals surface area contributed by atoms with Crippen LogP contribution < -0.4 is 5.32 Å². The number of benzene rings is 1. The number of carbonyl (C=O) groups excluding carboxylic acids is 1. The van der Waals surface area contributed by atoms with Gasteiger partial charge in [-0.1, -0.05) is 36.4 Å². The molecular formula is C25H20N6OS. The van der Waals surface area contributed by atoms with Gasteiger partial charge in [-0.15, -0.1) is 11.3 Å². The number of nitrogens with zero attached hydrogens (tertiary/aromatic N) is 5. The number of pyridine rings is 1. The van der Waals surface area contributed by atoms with Gasteiger partial charge in [0.25, 0.3) is 11.9 Å². The molecule has 0 unspecified atom stereocenters. The van der Waals surface area contributed by atoms with Crippen molar-refractivity contribution in [3.63, 3.8) is 0 Å². The molecule has 8 heteroatoms. The van der Waals surface area contributed by atoms with Crippen LogP contribution in [0.4, 0.5) is 0 Å². The van der Waals surface area contributed by atoms with Gasteiger partial charge in [0.1, 0.15) is 0 Å². The Morgan fingerprint density at radius 1 is 0.970 bits per heavy atom. The Bertz CT molecular complexity index is 1330. The molecule has 4 heterocycles. The number of hydrogen-bond donors (Lipinski definition) is 1. The molecule has 0 aliphatic carbocycles. The molecule has 0 saturated carbocycles. The van der Waals surface area contributed by atoms with Crippen molar-refractivity contribution in [1.29, 1.82) is 0 Å². The fraction of sp³-hybridized carbons (Fsp3) is 0.0800. The number of amides is 1. The van der Waals surface area contributed by atoms with E-state index in [1.165, 1.54) is 0 Å². The minimum atomic E-state index is -0.317. The van der Waals surface area contributed by atoms with Crippen LogP contribution in [-0.2, 0) is 0 Å². The predicted molar refractivity (Wildman–Crippen MR) is 127 cm³/mol. The molecule has 7 nitrogen and oxygen atoms in total. The van der Waals surface area contributed by atoms with Crippen molar-refractivity contribution in [3.8, 4) is 16.5 Å². The summed E-state index contributed by atoms with van der Waals surface area (Å²) in [5, 5.41) is 9.56. The number of carbonyl (C=O) groups is 1. The van der Waals surface area contributed by atoms with Gasteiger partial charge in [-0.25, -0.2) is 14.6 Å². The summed E-state index contributed by atoms with van der Waals surface area (Å²) < 4.78 is 1.59. The molecule has 5 rings (SSSR count). The Kier molecular flexibility index (Phi) is 5.73. The highest BCUT2D eigenvalue weighted by molar-refractivity contribution is 7.13. The summed E-state index contributed by atoms with van der Waals surface area (Å²) in [7, 11) is 0. The number of thiophene rings is 1. The van der Waals surface area contributed by atoms with E-state index >= 15 is 0 Å². The average molecular weight is 453 g/mol. The third-order valence-corrected chi connectivity index (χ3v) is 6.20. The molecule has 0 aliphatic rings. The van der Waals surface area contributed by atoms with Crippen LogP contribution in [0.25, 0.3) is 16.5 Å². The van der Waals surface area contributed by atoms with Crippen molar-refractivity contribution in [2.75, 3.05) is 0 Å². The molecule has 0 aliphatic heterocycles. The molecule has 33 heavy (non-hydrogen) atoms. The zero-order chi connectivity index (χ0) is 22.6. The first kappa shape index (κ1) is 20.7. The fourth-order valence-electron chi connectivity index (χ4n) is 3.62. The van der Waals surface area contributed by atoms with Gasteiger partial charge in [0.15, 0.2) is 0 Å². The molecule has 1 aromatic carbocycles. The van der Waals surface area contributed by atoms with Gasteiger partial charge in [-0.3, -0.25) is 9.78 Å². The smallest absolute Gasteiger partial charge is 0.255 e. The molecule has 162 valence electrons. The Hall–Kier alpha value is -4.17. The van der Waals surface area contributed by atoms with E-state index in [0.29, 0.717) is 17.2 Å². The predicted octanol–water partition coefficient (Wildman–Crippen LogP) is 4.61. The van der Waals surface area contributed by atoms with Crippen LogP contribution in [0.15, 0.2) is 90.8 Å². The van der Waals surface area contributed by atoms with E-state index in [9.17, 15) is 4.79 Å². The summed E-state index contributed by atoms with van der Waals surface area (Å²) in [5.41, 5.74) is 3.88. The first-order chi connectivity index (χ1) is 16.2. The maximum absolute atomic E-state index is 13.3. The highest BCUT2D eigenvalue weighted by Crippen LogP contribution is 2.24. The summed E-state index contributed by atoms with van der Waals surface area (Å²) in [6, 6.07) is 19.2. The average Bonchev–Trinajstić information content (AvgIpc) is 3.54. The second kappa shape index (κ2) is 9.13. The molecule has 4 aromatic heterocycles. The van der Waals surface area contributed by atoms with Crippen molar-refractivity contribution in [1.82, 2.24) is 30.0 Å². The zero-order valence-electron chi connectivity index (χ0n) is 17.8. The Labute approximate surface area is 194 Å². The first-order valence-corrected chi connectivity index (χ1v) is 11.3. The van der Waals surface area contributed by atoms with E-state index in [-0.39, 0.29) is 11.9 Å². The van der Waals surface area contributed by atoms with E-state index in [0.717, 1.165) is 21.7 Å². The Morgan fingerprint density at radius 3 is 2.52 bits per heavy atom. The second-order valence-corrected chi connectivity index (χ2v) is 8.32. The highest BCUT2D eigenvalue weighted by Gasteiger charge is 2.22. The van der Waals surface area contributed by atoms with Crippen LogP contribution >= 0.6 is 11.3 Å². The topological polar surface area (TPSA) is 85.6 Å². The van der Waals surface area contributed by atoms with Gasteiger partial charge < -0.3 is 5.32 Å². The number of hydrogen-bond acceptors (Lipinski definition) is 6. The first-order valence-electron chi connectivity index (χ1n) is 10.4. The summed E-state index contributed by atoms with van der Waals surface area (Å²) in [6.07, 6.45) is 6.70. The molecule has 1 N–H and O–H groups in total. The lowest BCUT2D eigenvalue weighted by Crippen LogP contribution is -2.29. The van der Waals surface area contributed by atoms with Gasteiger partial charge in [0, 0.05) is 18.6 Å². The van der Waals surface area contributed by atoms with E-state index in [1.54, 1.807) is 40.8 Å². The Morgan fingerprint density at radius 2 is 1.76 bits per heavy atom. The summed E-state index contributed by atoms with van der Waals surface area (Å²) in [4.78, 5) is 27.4. The van der Waals surface area contributed by atoms with Gasteiger partial charge in [-0.05, 0) is 47.7 Å². The van der Waals surface area contributed by atoms with E-state index in [2.05, 4.69) is 25.4 Å². The van der Waals surface area contributed by atoms with Crippen LogP contribution in [0.2, 0.25) is 0 Å². The number of rotatable bonds is 6. The van der Waals surface area contributed by atoms with Crippen LogP contribution in [0.3, 0.4) is 0 Å². The molecule has 0 radical (unpaired) electrons. The van der Waals surface area contributed by atoms with Crippen LogP contribution in [0.1, 0.15) is 33.2 Å². The molecular weight excluding hydrogens is 432 g/mol. The standard InChI is InChI=1S/C25H20N6OS/c1-17-20(16-28-31(17)25-27-14-11-21(29-25)22-8-5-15-33-22)24(32)30-23(18-6-3-2-4-7-18)19-9-12-26-13-10-19/h2-16,23H,1H3,(H,30,32)/t23-/m0/s1. The van der Waals surface area contributed by atoms with Crippen LogP contribution in [0, 0.1) is 6.92 Å². The van der Waals surface area contributed by atoms with Gasteiger partial charge in [-0.2, -0.15) is 5.10 Å². The third-order valence-electron chi connectivity index (χ3n) is 5.31. The maximum Gasteiger partial charge on any atom is 0.255 e. The van der Waals surface area contributed by atoms with Crippen molar-refractivity contribution < 1.29 is 4.79 Å². The van der Waals surface area contributed by atoms with Crippen LogP contribution in [-0.4, -0.2) is 30.6 Å². The largest absolute Gasteiger partial charge is 0.341 e. The zero-order valence-corrected chi connectivity index (χ0v) is 18.6. The lowest BCUT2D eigenvalue weighted by atomic mass is 9.99. The summed E-state index contributed by atoms with van der Waals surface area (Å²) in [5.74, 6) is 0.199. The van der Waals surface area contributed by atoms with Gasteiger partial charge >= 0.3 is 0 Å². The normalized spacial score (nSPS) is 11.8.